The van der Waals surface area contributed by atoms with E-state index in [4.69, 9.17) is 19.3 Å². The molecule has 0 aromatic rings. The maximum absolute atomic E-state index is 12.3. The lowest BCUT2D eigenvalue weighted by Crippen LogP contribution is -2.48. The van der Waals surface area contributed by atoms with Crippen molar-refractivity contribution < 1.29 is 39.4 Å². The number of rotatable bonds is 14. The van der Waals surface area contributed by atoms with Crippen LogP contribution in [0.5, 0.6) is 0 Å². The van der Waals surface area contributed by atoms with Crippen LogP contribution in [0, 0.1) is 16.2 Å². The van der Waals surface area contributed by atoms with Crippen LogP contribution >= 0.6 is 0 Å². The average Bonchev–Trinajstić information content (AvgIpc) is 2.58. The van der Waals surface area contributed by atoms with E-state index in [2.05, 4.69) is 0 Å². The normalized spacial score (nSPS) is 15.5. The van der Waals surface area contributed by atoms with Gasteiger partial charge in [-0.05, 0) is 13.8 Å². The molecule has 8 heteroatoms. The summed E-state index contributed by atoms with van der Waals surface area (Å²) in [7, 11) is 0. The van der Waals surface area contributed by atoms with Crippen LogP contribution < -0.4 is 0 Å². The minimum absolute atomic E-state index is 0.00705. The Hall–Kier alpha value is -0.770. The minimum Gasteiger partial charge on any atom is -0.465 e. The predicted molar refractivity (Wildman–Crippen MR) is 100 cm³/mol. The van der Waals surface area contributed by atoms with E-state index in [1.165, 1.54) is 13.8 Å². The van der Waals surface area contributed by atoms with Gasteiger partial charge in [0.25, 0.3) is 0 Å². The molecule has 162 valence electrons. The molecular weight excluding hydrogens is 356 g/mol. The average molecular weight is 395 g/mol. The lowest BCUT2D eigenvalue weighted by atomic mass is 9.83. The third-order valence-corrected chi connectivity index (χ3v) is 4.16. The van der Waals surface area contributed by atoms with E-state index in [9.17, 15) is 20.1 Å². The van der Waals surface area contributed by atoms with Crippen LogP contribution in [0.25, 0.3) is 0 Å². The number of carbonyl (C=O) groups excluding carboxylic acids is 1. The van der Waals surface area contributed by atoms with Crippen LogP contribution in [-0.2, 0) is 19.0 Å². The lowest BCUT2D eigenvalue weighted by Gasteiger charge is -2.33. The summed E-state index contributed by atoms with van der Waals surface area (Å²) in [5, 5.41) is 38.5. The Labute approximate surface area is 162 Å². The molecule has 0 heterocycles. The molecule has 0 bridgehead atoms. The molecule has 0 aliphatic heterocycles. The first-order valence-electron chi connectivity index (χ1n) is 9.19. The van der Waals surface area contributed by atoms with Gasteiger partial charge in [0.05, 0.1) is 57.8 Å². The fraction of sp³-hybridized carbons (Fsp3) is 0.947. The van der Waals surface area contributed by atoms with E-state index in [0.29, 0.717) is 6.61 Å². The Morgan fingerprint density at radius 1 is 0.889 bits per heavy atom. The number of ether oxygens (including phenoxy) is 3. The predicted octanol–water partition coefficient (Wildman–Crippen LogP) is 0.348. The van der Waals surface area contributed by atoms with Crippen molar-refractivity contribution >= 4 is 5.97 Å². The van der Waals surface area contributed by atoms with Gasteiger partial charge in [-0.25, -0.2) is 0 Å². The van der Waals surface area contributed by atoms with E-state index in [1.54, 1.807) is 13.8 Å². The largest absolute Gasteiger partial charge is 0.465 e. The van der Waals surface area contributed by atoms with Gasteiger partial charge in [-0.15, -0.1) is 0 Å². The highest BCUT2D eigenvalue weighted by molar-refractivity contribution is 5.76. The van der Waals surface area contributed by atoms with Gasteiger partial charge in [0.1, 0.15) is 6.10 Å². The lowest BCUT2D eigenvalue weighted by molar-refractivity contribution is -0.172. The van der Waals surface area contributed by atoms with Gasteiger partial charge in [0, 0.05) is 10.8 Å². The Balaban J connectivity index is 4.51. The van der Waals surface area contributed by atoms with Crippen molar-refractivity contribution in [1.82, 2.24) is 0 Å². The van der Waals surface area contributed by atoms with E-state index >= 15 is 0 Å². The quantitative estimate of drug-likeness (QED) is 0.246. The highest BCUT2D eigenvalue weighted by Crippen LogP contribution is 2.27. The summed E-state index contributed by atoms with van der Waals surface area (Å²) in [5.74, 6) is -0.659. The van der Waals surface area contributed by atoms with Gasteiger partial charge in [0.15, 0.2) is 0 Å². The highest BCUT2D eigenvalue weighted by Gasteiger charge is 2.42. The van der Waals surface area contributed by atoms with Gasteiger partial charge in [-0.3, -0.25) is 4.79 Å². The number of esters is 1. The van der Waals surface area contributed by atoms with Crippen molar-refractivity contribution in [3.05, 3.63) is 0 Å². The number of hydrogen-bond donors (Lipinski definition) is 4. The molecule has 27 heavy (non-hydrogen) atoms. The van der Waals surface area contributed by atoms with Crippen molar-refractivity contribution in [2.24, 2.45) is 16.2 Å². The Morgan fingerprint density at radius 2 is 1.44 bits per heavy atom. The first kappa shape index (κ1) is 26.2. The van der Waals surface area contributed by atoms with E-state index in [1.807, 2.05) is 13.8 Å². The van der Waals surface area contributed by atoms with Crippen LogP contribution in [0.1, 0.15) is 41.5 Å². The molecule has 8 nitrogen and oxygen atoms in total. The number of aliphatic hydroxyl groups excluding tert-OH is 4. The summed E-state index contributed by atoms with van der Waals surface area (Å²) < 4.78 is 16.0. The fourth-order valence-electron chi connectivity index (χ4n) is 2.10. The van der Waals surface area contributed by atoms with Crippen molar-refractivity contribution in [3.63, 3.8) is 0 Å². The van der Waals surface area contributed by atoms with Crippen LogP contribution in [0.3, 0.4) is 0 Å². The van der Waals surface area contributed by atoms with Crippen molar-refractivity contribution in [2.45, 2.75) is 53.8 Å². The first-order chi connectivity index (χ1) is 12.3. The Bertz CT molecular complexity index is 433. The summed E-state index contributed by atoms with van der Waals surface area (Å²) in [6.07, 6.45) is -2.65. The molecule has 0 radical (unpaired) electrons. The molecule has 0 aromatic heterocycles. The van der Waals surface area contributed by atoms with E-state index in [0.717, 1.165) is 0 Å². The van der Waals surface area contributed by atoms with Gasteiger partial charge < -0.3 is 34.6 Å². The van der Waals surface area contributed by atoms with Gasteiger partial charge in [0.2, 0.25) is 0 Å². The number of hydrogen-bond acceptors (Lipinski definition) is 8. The van der Waals surface area contributed by atoms with Crippen LogP contribution in [0.15, 0.2) is 0 Å². The first-order valence-corrected chi connectivity index (χ1v) is 9.19. The molecule has 4 N–H and O–H groups in total. The number of carbonyl (C=O) groups is 1. The molecule has 2 atom stereocenters. The third kappa shape index (κ3) is 9.82. The molecule has 0 fully saturated rings. The van der Waals surface area contributed by atoms with Crippen molar-refractivity contribution in [3.8, 4) is 0 Å². The summed E-state index contributed by atoms with van der Waals surface area (Å²) in [5.41, 5.74) is -2.25. The molecule has 2 unspecified atom stereocenters. The molecule has 0 saturated carbocycles. The molecule has 0 amide bonds. The summed E-state index contributed by atoms with van der Waals surface area (Å²) >= 11 is 0. The highest BCUT2D eigenvalue weighted by atomic mass is 16.5. The zero-order valence-corrected chi connectivity index (χ0v) is 17.5. The molecule has 0 spiro atoms. The second-order valence-corrected chi connectivity index (χ2v) is 9.09. The van der Waals surface area contributed by atoms with Crippen LogP contribution in [0.2, 0.25) is 0 Å². The molecule has 0 saturated heterocycles. The molecule has 0 aromatic carbocycles. The van der Waals surface area contributed by atoms with Crippen LogP contribution in [-0.4, -0.2) is 84.9 Å². The second-order valence-electron chi connectivity index (χ2n) is 9.09. The molecule has 0 aliphatic rings. The second kappa shape index (κ2) is 11.3. The maximum atomic E-state index is 12.3. The molecular formula is C19H38O8. The summed E-state index contributed by atoms with van der Waals surface area (Å²) in [6.45, 7) is 10.9. The van der Waals surface area contributed by atoms with Crippen LogP contribution in [0.4, 0.5) is 0 Å². The van der Waals surface area contributed by atoms with E-state index in [-0.39, 0.29) is 45.1 Å². The van der Waals surface area contributed by atoms with Crippen molar-refractivity contribution in [1.29, 1.82) is 0 Å². The molecule has 0 rings (SSSR count). The van der Waals surface area contributed by atoms with Gasteiger partial charge in [-0.1, -0.05) is 27.7 Å². The SMILES string of the molecule is CC(C)(COCCO)COCC(O)C(O)C(C)(C)C(=O)OCC(C)(C)CO. The van der Waals surface area contributed by atoms with Crippen molar-refractivity contribution in [2.75, 3.05) is 46.2 Å². The fourth-order valence-corrected chi connectivity index (χ4v) is 2.10. The molecule has 0 aliphatic carbocycles. The van der Waals surface area contributed by atoms with E-state index < -0.39 is 29.0 Å². The summed E-state index contributed by atoms with van der Waals surface area (Å²) in [4.78, 5) is 12.3. The smallest absolute Gasteiger partial charge is 0.314 e. The summed E-state index contributed by atoms with van der Waals surface area (Å²) in [6, 6.07) is 0. The monoisotopic (exact) mass is 394 g/mol. The topological polar surface area (TPSA) is 126 Å². The van der Waals surface area contributed by atoms with Gasteiger partial charge in [-0.2, -0.15) is 0 Å². The Kier molecular flexibility index (Phi) is 11.0. The zero-order chi connectivity index (χ0) is 21.3. The standard InChI is InChI=1S/C19H38O8/c1-17(2,10-21)13-27-16(24)19(5,6)15(23)14(22)9-26-12-18(3,4)11-25-8-7-20/h14-15,20-23H,7-13H2,1-6H3. The zero-order valence-electron chi connectivity index (χ0n) is 17.5. The Morgan fingerprint density at radius 3 is 1.96 bits per heavy atom. The minimum atomic E-state index is -1.38. The number of aliphatic hydroxyl groups is 4. The third-order valence-electron chi connectivity index (χ3n) is 4.16. The van der Waals surface area contributed by atoms with Gasteiger partial charge >= 0.3 is 5.97 Å². The maximum Gasteiger partial charge on any atom is 0.314 e.